The molecule has 0 spiro atoms. The highest BCUT2D eigenvalue weighted by Crippen LogP contribution is 2.42. The van der Waals surface area contributed by atoms with Gasteiger partial charge in [-0.25, -0.2) is 9.78 Å². The molecule has 1 unspecified atom stereocenters. The Bertz CT molecular complexity index is 1790. The summed E-state index contributed by atoms with van der Waals surface area (Å²) in [6.07, 6.45) is 2.77. The van der Waals surface area contributed by atoms with Crippen LogP contribution in [0.15, 0.2) is 122 Å². The van der Waals surface area contributed by atoms with Gasteiger partial charge in [-0.2, -0.15) is 0 Å². The minimum Gasteiger partial charge on any atom is -0.316 e. The number of fused-ring (bicyclic) bond motifs is 3. The molecule has 0 fully saturated rings. The van der Waals surface area contributed by atoms with E-state index in [9.17, 15) is 4.79 Å². The second kappa shape index (κ2) is 10.2. The summed E-state index contributed by atoms with van der Waals surface area (Å²) < 4.78 is 4.21. The Morgan fingerprint density at radius 2 is 1.29 bits per heavy atom. The van der Waals surface area contributed by atoms with Crippen LogP contribution in [-0.2, 0) is 18.5 Å². The largest absolute Gasteiger partial charge is 0.329 e. The summed E-state index contributed by atoms with van der Waals surface area (Å²) in [5.41, 5.74) is 8.03. The van der Waals surface area contributed by atoms with Gasteiger partial charge in [-0.15, -0.1) is 0 Å². The Morgan fingerprint density at radius 1 is 0.762 bits per heavy atom. The predicted molar refractivity (Wildman–Crippen MR) is 168 cm³/mol. The fraction of sp³-hybridized carbons (Fsp3) is 0.189. The summed E-state index contributed by atoms with van der Waals surface area (Å²) in [6, 6.07) is 40.2. The minimum absolute atomic E-state index is 0.0161. The molecular weight excluding hydrogens is 516 g/mol. The molecule has 42 heavy (non-hydrogen) atoms. The molecule has 0 aliphatic carbocycles. The van der Waals surface area contributed by atoms with Gasteiger partial charge in [0.05, 0.1) is 24.1 Å². The number of nitrogens with zero attached hydrogens (tertiary/aromatic N) is 4. The van der Waals surface area contributed by atoms with E-state index in [1.165, 1.54) is 5.56 Å². The summed E-state index contributed by atoms with van der Waals surface area (Å²) in [5.74, 6) is 0. The minimum atomic E-state index is -0.641. The number of hydrogen-bond donors (Lipinski definition) is 0. The number of imidazole rings is 1. The molecule has 0 radical (unpaired) electrons. The Hall–Kier alpha value is -4.90. The van der Waals surface area contributed by atoms with E-state index in [1.807, 2.05) is 34.0 Å². The zero-order chi connectivity index (χ0) is 28.8. The normalized spacial score (nSPS) is 15.3. The first kappa shape index (κ1) is 26.0. The van der Waals surface area contributed by atoms with Crippen molar-refractivity contribution < 1.29 is 4.79 Å². The lowest BCUT2D eigenvalue weighted by Gasteiger charge is -2.38. The van der Waals surface area contributed by atoms with E-state index in [1.54, 1.807) is 0 Å². The average Bonchev–Trinajstić information content (AvgIpc) is 3.54. The molecule has 2 aromatic heterocycles. The van der Waals surface area contributed by atoms with Crippen molar-refractivity contribution in [2.24, 2.45) is 0 Å². The molecule has 1 amide bonds. The first-order valence-corrected chi connectivity index (χ1v) is 14.6. The van der Waals surface area contributed by atoms with Crippen molar-refractivity contribution in [3.8, 4) is 0 Å². The SMILES string of the molecule is Cc1c2n(c3ccccc13)C(=O)N(Cc1ncn(C(c3ccccc3)(c3ccccc3)c3ccccc3)c1C)C(C)C2. The van der Waals surface area contributed by atoms with E-state index in [2.05, 4.69) is 122 Å². The second-order valence-corrected chi connectivity index (χ2v) is 11.3. The summed E-state index contributed by atoms with van der Waals surface area (Å²) in [4.78, 5) is 21.1. The van der Waals surface area contributed by atoms with E-state index in [4.69, 9.17) is 4.98 Å². The van der Waals surface area contributed by atoms with Gasteiger partial charge >= 0.3 is 6.03 Å². The number of aromatic nitrogens is 3. The van der Waals surface area contributed by atoms with Gasteiger partial charge < -0.3 is 9.47 Å². The summed E-state index contributed by atoms with van der Waals surface area (Å²) in [7, 11) is 0. The van der Waals surface area contributed by atoms with Crippen molar-refractivity contribution in [1.29, 1.82) is 0 Å². The number of hydrogen-bond acceptors (Lipinski definition) is 2. The van der Waals surface area contributed by atoms with E-state index in [0.717, 1.165) is 51.1 Å². The lowest BCUT2D eigenvalue weighted by molar-refractivity contribution is 0.165. The van der Waals surface area contributed by atoms with Crippen LogP contribution in [0.25, 0.3) is 10.9 Å². The molecule has 0 bridgehead atoms. The molecule has 1 aliphatic heterocycles. The van der Waals surface area contributed by atoms with Crippen LogP contribution in [0.1, 0.15) is 46.3 Å². The maximum atomic E-state index is 14.1. The molecular formula is C37H34N4O. The molecule has 5 nitrogen and oxygen atoms in total. The number of carbonyl (C=O) groups is 1. The van der Waals surface area contributed by atoms with Crippen LogP contribution in [0.3, 0.4) is 0 Å². The fourth-order valence-corrected chi connectivity index (χ4v) is 6.90. The van der Waals surface area contributed by atoms with Crippen molar-refractivity contribution in [1.82, 2.24) is 19.0 Å². The highest BCUT2D eigenvalue weighted by Gasteiger charge is 2.40. The molecule has 0 saturated heterocycles. The summed E-state index contributed by atoms with van der Waals surface area (Å²) in [6.45, 7) is 6.85. The van der Waals surface area contributed by atoms with Gasteiger partial charge in [0.1, 0.15) is 5.54 Å². The van der Waals surface area contributed by atoms with Crippen molar-refractivity contribution in [2.45, 2.75) is 45.3 Å². The lowest BCUT2D eigenvalue weighted by atomic mass is 9.76. The first-order chi connectivity index (χ1) is 20.5. The van der Waals surface area contributed by atoms with Gasteiger partial charge in [0.2, 0.25) is 0 Å². The highest BCUT2D eigenvalue weighted by atomic mass is 16.2. The molecule has 1 aliphatic rings. The third-order valence-corrected chi connectivity index (χ3v) is 9.07. The summed E-state index contributed by atoms with van der Waals surface area (Å²) in [5, 5.41) is 1.15. The molecule has 1 atom stereocenters. The van der Waals surface area contributed by atoms with E-state index in [0.29, 0.717) is 6.54 Å². The number of aryl methyl sites for hydroxylation is 1. The topological polar surface area (TPSA) is 43.1 Å². The highest BCUT2D eigenvalue weighted by molar-refractivity contribution is 5.96. The van der Waals surface area contributed by atoms with Crippen LogP contribution in [0.5, 0.6) is 0 Å². The van der Waals surface area contributed by atoms with Crippen LogP contribution in [0, 0.1) is 13.8 Å². The average molecular weight is 551 g/mol. The van der Waals surface area contributed by atoms with Gasteiger partial charge in [0.25, 0.3) is 0 Å². The Morgan fingerprint density at radius 3 is 1.86 bits per heavy atom. The second-order valence-electron chi connectivity index (χ2n) is 11.3. The smallest absolute Gasteiger partial charge is 0.316 e. The maximum absolute atomic E-state index is 14.1. The van der Waals surface area contributed by atoms with Crippen LogP contribution < -0.4 is 0 Å². The van der Waals surface area contributed by atoms with Crippen LogP contribution in [0.4, 0.5) is 4.79 Å². The molecule has 6 aromatic rings. The standard InChI is InChI=1S/C37H34N4O/c1-26-23-35-27(2)32-21-13-14-22-34(32)41(35)36(42)39(26)24-33-28(3)40(25-38-33)37(29-15-7-4-8-16-29,30-17-9-5-10-18-30)31-19-11-6-12-20-31/h4-22,25-26H,23-24H2,1-3H3. The maximum Gasteiger partial charge on any atom is 0.329 e. The third-order valence-electron chi connectivity index (χ3n) is 9.07. The van der Waals surface area contributed by atoms with E-state index < -0.39 is 5.54 Å². The van der Waals surface area contributed by atoms with Gasteiger partial charge in [-0.3, -0.25) is 4.57 Å². The van der Waals surface area contributed by atoms with Crippen LogP contribution >= 0.6 is 0 Å². The first-order valence-electron chi connectivity index (χ1n) is 14.6. The number of benzene rings is 4. The van der Waals surface area contributed by atoms with Gasteiger partial charge in [0.15, 0.2) is 0 Å². The van der Waals surface area contributed by atoms with E-state index >= 15 is 0 Å². The zero-order valence-corrected chi connectivity index (χ0v) is 24.2. The molecule has 5 heteroatoms. The number of carbonyl (C=O) groups excluding carboxylic acids is 1. The van der Waals surface area contributed by atoms with Gasteiger partial charge in [-0.1, -0.05) is 109 Å². The Labute approximate surface area is 246 Å². The molecule has 3 heterocycles. The molecule has 0 saturated carbocycles. The monoisotopic (exact) mass is 550 g/mol. The van der Waals surface area contributed by atoms with Crippen molar-refractivity contribution in [3.05, 3.63) is 161 Å². The quantitative estimate of drug-likeness (QED) is 0.199. The van der Waals surface area contributed by atoms with Gasteiger partial charge in [0, 0.05) is 29.2 Å². The van der Waals surface area contributed by atoms with Crippen molar-refractivity contribution in [2.75, 3.05) is 0 Å². The Balaban J connectivity index is 1.37. The number of para-hydroxylation sites is 1. The predicted octanol–water partition coefficient (Wildman–Crippen LogP) is 7.71. The molecule has 4 aromatic carbocycles. The molecule has 0 N–H and O–H groups in total. The zero-order valence-electron chi connectivity index (χ0n) is 24.2. The van der Waals surface area contributed by atoms with Crippen molar-refractivity contribution in [3.63, 3.8) is 0 Å². The number of rotatable bonds is 6. The Kier molecular flexibility index (Phi) is 6.31. The van der Waals surface area contributed by atoms with E-state index in [-0.39, 0.29) is 12.1 Å². The van der Waals surface area contributed by atoms with Gasteiger partial charge in [-0.05, 0) is 49.1 Å². The number of amides is 1. The van der Waals surface area contributed by atoms with Crippen LogP contribution in [-0.4, -0.2) is 31.1 Å². The fourth-order valence-electron chi connectivity index (χ4n) is 6.90. The third kappa shape index (κ3) is 3.84. The molecule has 208 valence electrons. The molecule has 7 rings (SSSR count). The lowest BCUT2D eigenvalue weighted by Crippen LogP contribution is -2.47. The van der Waals surface area contributed by atoms with Crippen molar-refractivity contribution >= 4 is 16.9 Å². The summed E-state index contributed by atoms with van der Waals surface area (Å²) >= 11 is 0. The van der Waals surface area contributed by atoms with Crippen LogP contribution in [0.2, 0.25) is 0 Å².